The van der Waals surface area contributed by atoms with Crippen LogP contribution in [0.3, 0.4) is 0 Å². The van der Waals surface area contributed by atoms with Crippen LogP contribution in [0.5, 0.6) is 0 Å². The maximum Gasteiger partial charge on any atom is 0.267 e. The van der Waals surface area contributed by atoms with Crippen molar-refractivity contribution in [2.75, 3.05) is 0 Å². The van der Waals surface area contributed by atoms with Crippen molar-refractivity contribution >= 4 is 47.2 Å². The monoisotopic (exact) mass is 484 g/mol. The van der Waals surface area contributed by atoms with Crippen LogP contribution >= 0.6 is 30.6 Å². The van der Waals surface area contributed by atoms with E-state index in [0.717, 1.165) is 33.3 Å². The third kappa shape index (κ3) is 4.16. The maximum absolute atomic E-state index is 14.9. The standard InChI is InChI=1S/C26H27Cl2N2OP/c1-17(2)29-32(31)24-8-6-5-7-23(24)25(19-9-13-21(27)14-10-19)26(30(32)18(3)4)20-11-15-22(28)16-12-20/h5-18H,1-4H3,(H,29,31). The fourth-order valence-corrected chi connectivity index (χ4v) is 7.70. The Bertz CT molecular complexity index is 1200. The van der Waals surface area contributed by atoms with E-state index in [1.54, 1.807) is 0 Å². The van der Waals surface area contributed by atoms with E-state index in [4.69, 9.17) is 23.2 Å². The van der Waals surface area contributed by atoms with Crippen LogP contribution in [0.1, 0.15) is 44.4 Å². The van der Waals surface area contributed by atoms with Gasteiger partial charge in [0, 0.05) is 27.7 Å². The Morgan fingerprint density at radius 1 is 0.781 bits per heavy atom. The molecule has 1 atom stereocenters. The Hall–Kier alpha value is -2.03. The molecule has 0 saturated heterocycles. The lowest BCUT2D eigenvalue weighted by Crippen LogP contribution is -2.43. The highest BCUT2D eigenvalue weighted by molar-refractivity contribution is 7.68. The van der Waals surface area contributed by atoms with Gasteiger partial charge in [0.2, 0.25) is 0 Å². The molecule has 3 aromatic rings. The molecule has 0 fully saturated rings. The Labute approximate surface area is 200 Å². The number of fused-ring (bicyclic) bond motifs is 1. The van der Waals surface area contributed by atoms with E-state index in [-0.39, 0.29) is 12.1 Å². The highest BCUT2D eigenvalue weighted by atomic mass is 35.5. The number of nitrogens with zero attached hydrogens (tertiary/aromatic N) is 1. The van der Waals surface area contributed by atoms with Gasteiger partial charge in [-0.05, 0) is 74.7 Å². The molecule has 3 nitrogen and oxygen atoms in total. The van der Waals surface area contributed by atoms with Gasteiger partial charge in [0.05, 0.1) is 11.0 Å². The van der Waals surface area contributed by atoms with Crippen LogP contribution in [-0.4, -0.2) is 16.8 Å². The smallest absolute Gasteiger partial charge is 0.267 e. The Morgan fingerprint density at radius 2 is 1.31 bits per heavy atom. The van der Waals surface area contributed by atoms with Gasteiger partial charge >= 0.3 is 0 Å². The summed E-state index contributed by atoms with van der Waals surface area (Å²) < 4.78 is 16.9. The molecule has 0 amide bonds. The molecular weight excluding hydrogens is 458 g/mol. The Morgan fingerprint density at radius 3 is 1.84 bits per heavy atom. The van der Waals surface area contributed by atoms with Crippen LogP contribution < -0.4 is 10.4 Å². The summed E-state index contributed by atoms with van der Waals surface area (Å²) in [6.45, 7) is 8.22. The molecule has 166 valence electrons. The third-order valence-electron chi connectivity index (χ3n) is 5.44. The van der Waals surface area contributed by atoms with Gasteiger partial charge in [-0.15, -0.1) is 0 Å². The molecule has 32 heavy (non-hydrogen) atoms. The van der Waals surface area contributed by atoms with Crippen molar-refractivity contribution < 1.29 is 4.57 Å². The molecule has 1 aliphatic heterocycles. The molecule has 1 heterocycles. The number of benzene rings is 3. The van der Waals surface area contributed by atoms with E-state index in [1.165, 1.54) is 0 Å². The van der Waals surface area contributed by atoms with Crippen molar-refractivity contribution in [1.82, 2.24) is 9.76 Å². The van der Waals surface area contributed by atoms with E-state index >= 15 is 0 Å². The predicted molar refractivity (Wildman–Crippen MR) is 138 cm³/mol. The quantitative estimate of drug-likeness (QED) is 0.381. The highest BCUT2D eigenvalue weighted by Crippen LogP contribution is 2.58. The summed E-state index contributed by atoms with van der Waals surface area (Å²) in [4.78, 5) is 0. The number of rotatable bonds is 5. The summed E-state index contributed by atoms with van der Waals surface area (Å²) in [6, 6.07) is 23.6. The molecule has 0 saturated carbocycles. The zero-order valence-electron chi connectivity index (χ0n) is 18.6. The summed E-state index contributed by atoms with van der Waals surface area (Å²) in [6.07, 6.45) is 0. The first-order valence-electron chi connectivity index (χ1n) is 10.8. The van der Waals surface area contributed by atoms with Crippen LogP contribution in [0.4, 0.5) is 0 Å². The zero-order chi connectivity index (χ0) is 23.0. The minimum absolute atomic E-state index is 0.0200. The summed E-state index contributed by atoms with van der Waals surface area (Å²) in [5.41, 5.74) is 4.91. The third-order valence-corrected chi connectivity index (χ3v) is 9.12. The molecule has 0 aliphatic carbocycles. The normalized spacial score (nSPS) is 18.4. The lowest BCUT2D eigenvalue weighted by Gasteiger charge is -2.45. The van der Waals surface area contributed by atoms with Crippen molar-refractivity contribution in [3.63, 3.8) is 0 Å². The molecule has 4 rings (SSSR count). The molecule has 0 spiro atoms. The molecule has 6 heteroatoms. The second kappa shape index (κ2) is 9.08. The minimum Gasteiger partial charge on any atom is -0.304 e. The molecule has 0 aromatic heterocycles. The van der Waals surface area contributed by atoms with E-state index in [9.17, 15) is 4.57 Å². The number of nitrogens with one attached hydrogen (secondary N) is 1. The fourth-order valence-electron chi connectivity index (χ4n) is 4.31. The molecule has 1 aliphatic rings. The van der Waals surface area contributed by atoms with Gasteiger partial charge in [-0.2, -0.15) is 0 Å². The van der Waals surface area contributed by atoms with Crippen LogP contribution in [-0.2, 0) is 4.57 Å². The topological polar surface area (TPSA) is 32.3 Å². The van der Waals surface area contributed by atoms with Gasteiger partial charge in [0.25, 0.3) is 7.44 Å². The molecule has 0 radical (unpaired) electrons. The first-order chi connectivity index (χ1) is 15.2. The second-order valence-electron chi connectivity index (χ2n) is 8.55. The second-order valence-corrected chi connectivity index (χ2v) is 11.7. The molecule has 1 N–H and O–H groups in total. The fraction of sp³-hybridized carbons (Fsp3) is 0.231. The minimum atomic E-state index is -3.16. The number of hydrogen-bond acceptors (Lipinski definition) is 1. The summed E-state index contributed by atoms with van der Waals surface area (Å²) in [7, 11) is -3.16. The van der Waals surface area contributed by atoms with Gasteiger partial charge in [-0.3, -0.25) is 4.57 Å². The van der Waals surface area contributed by atoms with Crippen molar-refractivity contribution in [2.24, 2.45) is 0 Å². The van der Waals surface area contributed by atoms with Gasteiger partial charge in [0.15, 0.2) is 0 Å². The van der Waals surface area contributed by atoms with E-state index < -0.39 is 7.44 Å². The lowest BCUT2D eigenvalue weighted by atomic mass is 9.92. The summed E-state index contributed by atoms with van der Waals surface area (Å²) >= 11 is 12.4. The van der Waals surface area contributed by atoms with Crippen molar-refractivity contribution in [3.05, 3.63) is 99.5 Å². The van der Waals surface area contributed by atoms with Crippen LogP contribution in [0, 0.1) is 0 Å². The van der Waals surface area contributed by atoms with Crippen molar-refractivity contribution in [3.8, 4) is 0 Å². The van der Waals surface area contributed by atoms with Crippen LogP contribution in [0.25, 0.3) is 11.3 Å². The first kappa shape index (κ1) is 23.1. The number of hydrogen-bond donors (Lipinski definition) is 1. The predicted octanol–water partition coefficient (Wildman–Crippen LogP) is 7.45. The van der Waals surface area contributed by atoms with Crippen LogP contribution in [0.2, 0.25) is 10.0 Å². The Balaban J connectivity index is 2.14. The van der Waals surface area contributed by atoms with E-state index in [1.807, 2.05) is 80.6 Å². The molecule has 1 unspecified atom stereocenters. The average Bonchev–Trinajstić information content (AvgIpc) is 2.74. The Kier molecular flexibility index (Phi) is 6.56. The first-order valence-corrected chi connectivity index (χ1v) is 13.2. The highest BCUT2D eigenvalue weighted by Gasteiger charge is 2.44. The lowest BCUT2D eigenvalue weighted by molar-refractivity contribution is 0.446. The van der Waals surface area contributed by atoms with Crippen molar-refractivity contribution in [1.29, 1.82) is 0 Å². The van der Waals surface area contributed by atoms with E-state index in [0.29, 0.717) is 10.0 Å². The van der Waals surface area contributed by atoms with Crippen LogP contribution in [0.15, 0.2) is 72.8 Å². The molecule has 0 bridgehead atoms. The number of halogens is 2. The summed E-state index contributed by atoms with van der Waals surface area (Å²) in [5, 5.41) is 5.61. The summed E-state index contributed by atoms with van der Waals surface area (Å²) in [5.74, 6) is 0. The van der Waals surface area contributed by atoms with Crippen molar-refractivity contribution in [2.45, 2.75) is 39.8 Å². The largest absolute Gasteiger partial charge is 0.304 e. The van der Waals surface area contributed by atoms with E-state index in [2.05, 4.69) is 29.7 Å². The molecular formula is C26H27Cl2N2OP. The van der Waals surface area contributed by atoms with Gasteiger partial charge in [-0.25, -0.2) is 5.09 Å². The van der Waals surface area contributed by atoms with Gasteiger partial charge < -0.3 is 4.67 Å². The van der Waals surface area contributed by atoms with Gasteiger partial charge in [-0.1, -0.05) is 65.7 Å². The maximum atomic E-state index is 14.9. The molecule has 3 aromatic carbocycles. The zero-order valence-corrected chi connectivity index (χ0v) is 21.0. The van der Waals surface area contributed by atoms with Gasteiger partial charge in [0.1, 0.15) is 0 Å². The average molecular weight is 485 g/mol. The SMILES string of the molecule is CC(C)NP1(=O)c2ccccc2C(c2ccc(Cl)cc2)=C(c2ccc(Cl)cc2)N1C(C)C.